The van der Waals surface area contributed by atoms with Crippen LogP contribution >= 0.6 is 0 Å². The number of hydrogen-bond donors (Lipinski definition) is 0. The van der Waals surface area contributed by atoms with Crippen molar-refractivity contribution in [1.29, 1.82) is 0 Å². The van der Waals surface area contributed by atoms with Crippen molar-refractivity contribution in [3.05, 3.63) is 146 Å². The van der Waals surface area contributed by atoms with E-state index in [4.69, 9.17) is 0 Å². The van der Waals surface area contributed by atoms with Crippen molar-refractivity contribution in [2.45, 2.75) is 0 Å². The summed E-state index contributed by atoms with van der Waals surface area (Å²) in [6, 6.07) is 54.7. The van der Waals surface area contributed by atoms with Gasteiger partial charge in [-0.1, -0.05) is 0 Å². The van der Waals surface area contributed by atoms with Crippen LogP contribution in [0, 0.1) is 0 Å². The van der Waals surface area contributed by atoms with Gasteiger partial charge in [0.05, 0.1) is 0 Å². The van der Waals surface area contributed by atoms with Gasteiger partial charge in [0.25, 0.3) is 0 Å². The van der Waals surface area contributed by atoms with E-state index in [0.717, 1.165) is 0 Å². The molecule has 0 spiro atoms. The molecule has 0 aliphatic rings. The van der Waals surface area contributed by atoms with Crippen molar-refractivity contribution >= 4 is 99.9 Å². The minimum atomic E-state index is 0.392. The molecular formula is C42H24Se2. The van der Waals surface area contributed by atoms with Crippen molar-refractivity contribution in [2.75, 3.05) is 0 Å². The molecule has 0 fully saturated rings. The molecule has 204 valence electrons. The fourth-order valence-electron chi connectivity index (χ4n) is 7.24. The Labute approximate surface area is 266 Å². The molecule has 0 saturated heterocycles. The molecule has 2 heterocycles. The predicted octanol–water partition coefficient (Wildman–Crippen LogP) is 11.2. The Morgan fingerprint density at radius 1 is 0.318 bits per heavy atom. The topological polar surface area (TPSA) is 0 Å². The Bertz CT molecular complexity index is 2590. The summed E-state index contributed by atoms with van der Waals surface area (Å²) in [7, 11) is 0. The van der Waals surface area contributed by atoms with Crippen LogP contribution in [0.1, 0.15) is 0 Å². The molecule has 44 heavy (non-hydrogen) atoms. The Hall–Kier alpha value is -4.42. The zero-order valence-electron chi connectivity index (χ0n) is 23.7. The molecule has 10 rings (SSSR count). The minimum absolute atomic E-state index is 0.392. The van der Waals surface area contributed by atoms with Gasteiger partial charge in [-0.2, -0.15) is 0 Å². The van der Waals surface area contributed by atoms with Gasteiger partial charge in [0.1, 0.15) is 0 Å². The second-order valence-corrected chi connectivity index (χ2v) is 17.4. The van der Waals surface area contributed by atoms with E-state index in [0.29, 0.717) is 29.0 Å². The van der Waals surface area contributed by atoms with Gasteiger partial charge in [-0.05, 0) is 0 Å². The van der Waals surface area contributed by atoms with Gasteiger partial charge in [0, 0.05) is 0 Å². The maximum absolute atomic E-state index is 2.50. The Kier molecular flexibility index (Phi) is 5.41. The Morgan fingerprint density at radius 2 is 0.727 bits per heavy atom. The normalized spacial score (nSPS) is 12.1. The molecule has 0 aliphatic carbocycles. The second-order valence-electron chi connectivity index (χ2n) is 11.7. The van der Waals surface area contributed by atoms with E-state index in [2.05, 4.69) is 146 Å². The van der Waals surface area contributed by atoms with E-state index in [1.165, 1.54) is 90.0 Å². The second kappa shape index (κ2) is 9.54. The summed E-state index contributed by atoms with van der Waals surface area (Å²) < 4.78 is 4.76. The molecule has 0 bridgehead atoms. The van der Waals surface area contributed by atoms with Crippen LogP contribution in [0.5, 0.6) is 0 Å². The predicted molar refractivity (Wildman–Crippen MR) is 194 cm³/mol. The van der Waals surface area contributed by atoms with E-state index >= 15 is 0 Å². The average molecular weight is 687 g/mol. The Balaban J connectivity index is 1.23. The van der Waals surface area contributed by atoms with Gasteiger partial charge in [0.2, 0.25) is 0 Å². The number of fused-ring (bicyclic) bond motifs is 11. The molecule has 0 saturated carbocycles. The van der Waals surface area contributed by atoms with Crippen molar-refractivity contribution in [2.24, 2.45) is 0 Å². The first-order valence-corrected chi connectivity index (χ1v) is 18.4. The molecule has 0 aliphatic heterocycles. The van der Waals surface area contributed by atoms with Gasteiger partial charge in [0.15, 0.2) is 0 Å². The van der Waals surface area contributed by atoms with Crippen LogP contribution in [-0.2, 0) is 0 Å². The van der Waals surface area contributed by atoms with Crippen LogP contribution in [0.25, 0.3) is 93.2 Å². The molecule has 2 aromatic heterocycles. The van der Waals surface area contributed by atoms with Gasteiger partial charge in [-0.25, -0.2) is 0 Å². The molecular weight excluding hydrogens is 662 g/mol. The third-order valence-corrected chi connectivity index (χ3v) is 15.1. The van der Waals surface area contributed by atoms with Crippen LogP contribution in [0.3, 0.4) is 0 Å². The number of hydrogen-bond acceptors (Lipinski definition) is 0. The molecule has 2 heteroatoms. The maximum atomic E-state index is 2.50. The van der Waals surface area contributed by atoms with Gasteiger partial charge in [-0.15, -0.1) is 0 Å². The van der Waals surface area contributed by atoms with Crippen LogP contribution < -0.4 is 0 Å². The quantitative estimate of drug-likeness (QED) is 0.125. The molecule has 0 nitrogen and oxygen atoms in total. The molecule has 0 amide bonds. The van der Waals surface area contributed by atoms with Gasteiger partial charge < -0.3 is 0 Å². The molecule has 0 radical (unpaired) electrons. The zero-order valence-corrected chi connectivity index (χ0v) is 27.1. The van der Waals surface area contributed by atoms with E-state index < -0.39 is 0 Å². The SMILES string of the molecule is c1ccc2c(c1)cc(-c1ccc3[se]c4[se]c5ccc(-c6cc7ccccc7c7ccccc67)cc5c4c3c1)c1ccccc12. The van der Waals surface area contributed by atoms with Gasteiger partial charge >= 0.3 is 268 Å². The summed E-state index contributed by atoms with van der Waals surface area (Å²) in [5, 5.41) is 15.0. The van der Waals surface area contributed by atoms with Crippen LogP contribution in [-0.4, -0.2) is 29.0 Å². The summed E-state index contributed by atoms with van der Waals surface area (Å²) in [4.78, 5) is 0. The zero-order chi connectivity index (χ0) is 28.8. The van der Waals surface area contributed by atoms with Crippen LogP contribution in [0.2, 0.25) is 0 Å². The van der Waals surface area contributed by atoms with Crippen LogP contribution in [0.4, 0.5) is 0 Å². The van der Waals surface area contributed by atoms with Gasteiger partial charge in [-0.3, -0.25) is 0 Å². The first-order chi connectivity index (χ1) is 21.8. The standard InChI is InChI=1S/C42H24Se2/c1-3-11-29-25(9-1)21-35(33-15-7-5-13-31(29)33)27-17-19-39-37(23-27)41-38-24-28(18-20-40(38)44-42(41)43-39)36-22-26-10-2-4-12-30(26)32-14-6-8-16-34(32)36/h1-24H. The summed E-state index contributed by atoms with van der Waals surface area (Å²) >= 11 is 0.785. The number of benzene rings is 8. The fourth-order valence-corrected chi connectivity index (χ4v) is 13.6. The molecule has 10 aromatic rings. The summed E-state index contributed by atoms with van der Waals surface area (Å²) in [6.45, 7) is 0. The van der Waals surface area contributed by atoms with E-state index in [1.54, 1.807) is 3.13 Å². The molecule has 8 aromatic carbocycles. The summed E-state index contributed by atoms with van der Waals surface area (Å²) in [6.07, 6.45) is 0. The van der Waals surface area contributed by atoms with Crippen molar-refractivity contribution in [1.82, 2.24) is 0 Å². The van der Waals surface area contributed by atoms with Crippen molar-refractivity contribution in [3.63, 3.8) is 0 Å². The molecule has 0 N–H and O–H groups in total. The first kappa shape index (κ1) is 25.0. The first-order valence-electron chi connectivity index (χ1n) is 15.0. The third-order valence-electron chi connectivity index (χ3n) is 9.27. The average Bonchev–Trinajstić information content (AvgIpc) is 3.63. The van der Waals surface area contributed by atoms with E-state index in [1.807, 2.05) is 0 Å². The summed E-state index contributed by atoms with van der Waals surface area (Å²) in [5.41, 5.74) is 5.27. The Morgan fingerprint density at radius 3 is 1.20 bits per heavy atom. The third kappa shape index (κ3) is 3.64. The fraction of sp³-hybridized carbons (Fsp3) is 0. The summed E-state index contributed by atoms with van der Waals surface area (Å²) in [5.74, 6) is 0. The van der Waals surface area contributed by atoms with E-state index in [9.17, 15) is 0 Å². The van der Waals surface area contributed by atoms with E-state index in [-0.39, 0.29) is 0 Å². The monoisotopic (exact) mass is 688 g/mol. The van der Waals surface area contributed by atoms with Crippen LogP contribution in [0.15, 0.2) is 146 Å². The molecule has 0 atom stereocenters. The number of rotatable bonds is 2. The molecule has 0 unspecified atom stereocenters. The van der Waals surface area contributed by atoms with Crippen molar-refractivity contribution in [3.8, 4) is 22.3 Å². The van der Waals surface area contributed by atoms with Crippen molar-refractivity contribution < 1.29 is 0 Å².